The number of nitrogens with one attached hydrogen (secondary N) is 1. The van der Waals surface area contributed by atoms with Gasteiger partial charge in [0.2, 0.25) is 0 Å². The van der Waals surface area contributed by atoms with Crippen molar-refractivity contribution in [1.29, 1.82) is 0 Å². The average molecular weight is 382 g/mol. The summed E-state index contributed by atoms with van der Waals surface area (Å²) in [6, 6.07) is 10.9. The fraction of sp³-hybridized carbons (Fsp3) is 0. The van der Waals surface area contributed by atoms with Gasteiger partial charge in [0.1, 0.15) is 17.2 Å². The first-order valence-corrected chi connectivity index (χ1v) is 8.81. The van der Waals surface area contributed by atoms with Gasteiger partial charge in [0, 0.05) is 36.9 Å². The van der Waals surface area contributed by atoms with E-state index in [1.807, 2.05) is 24.3 Å². The molecule has 5 aromatic rings. The first-order chi connectivity index (χ1) is 14.3. The largest absolute Gasteiger partial charge is 0.452 e. The van der Waals surface area contributed by atoms with Crippen molar-refractivity contribution in [3.05, 3.63) is 79.8 Å². The summed E-state index contributed by atoms with van der Waals surface area (Å²) >= 11 is 0. The lowest BCUT2D eigenvalue weighted by Gasteiger charge is -2.12. The molecule has 0 aliphatic heterocycles. The molecule has 0 saturated carbocycles. The predicted molar refractivity (Wildman–Crippen MR) is 106 cm³/mol. The fourth-order valence-corrected chi connectivity index (χ4v) is 2.79. The van der Waals surface area contributed by atoms with Crippen LogP contribution in [0.2, 0.25) is 0 Å². The minimum Gasteiger partial charge on any atom is -0.452 e. The maximum absolute atomic E-state index is 6.02. The predicted octanol–water partition coefficient (Wildman–Crippen LogP) is 4.39. The Balaban J connectivity index is 1.59. The second-order valence-corrected chi connectivity index (χ2v) is 6.07. The van der Waals surface area contributed by atoms with Gasteiger partial charge in [0.05, 0.1) is 29.6 Å². The van der Waals surface area contributed by atoms with Gasteiger partial charge in [0.25, 0.3) is 0 Å². The van der Waals surface area contributed by atoms with E-state index in [-0.39, 0.29) is 0 Å². The summed E-state index contributed by atoms with van der Waals surface area (Å²) in [4.78, 5) is 24.4. The SMILES string of the molecule is c1cncc(Oc2cc3nc(-c4cnccn4)[nH]c3cc2Oc2cccnc2)c1. The van der Waals surface area contributed by atoms with Crippen LogP contribution in [0.15, 0.2) is 79.8 Å². The van der Waals surface area contributed by atoms with E-state index in [4.69, 9.17) is 9.47 Å². The highest BCUT2D eigenvalue weighted by Crippen LogP contribution is 2.38. The molecule has 0 atom stereocenters. The van der Waals surface area contributed by atoms with Crippen molar-refractivity contribution in [2.24, 2.45) is 0 Å². The van der Waals surface area contributed by atoms with E-state index in [0.717, 1.165) is 5.52 Å². The standard InChI is InChI=1S/C21H14N6O2/c1-3-14(11-22-5-1)28-19-9-16-17(10-20(19)29-15-4-2-6-23-12-15)27-21(26-16)18-13-24-7-8-25-18/h1-13H,(H,26,27). The van der Waals surface area contributed by atoms with E-state index in [1.165, 1.54) is 0 Å². The summed E-state index contributed by atoms with van der Waals surface area (Å²) in [6.07, 6.45) is 11.5. The number of benzene rings is 1. The molecular weight excluding hydrogens is 368 g/mol. The summed E-state index contributed by atoms with van der Waals surface area (Å²) in [6.45, 7) is 0. The maximum Gasteiger partial charge on any atom is 0.172 e. The highest BCUT2D eigenvalue weighted by molar-refractivity contribution is 5.82. The molecule has 0 bridgehead atoms. The number of aromatic amines is 1. The zero-order valence-electron chi connectivity index (χ0n) is 15.1. The number of fused-ring (bicyclic) bond motifs is 1. The number of H-pyrrole nitrogens is 1. The van der Waals surface area contributed by atoms with Crippen LogP contribution in [0.25, 0.3) is 22.6 Å². The molecule has 5 rings (SSSR count). The fourth-order valence-electron chi connectivity index (χ4n) is 2.79. The van der Waals surface area contributed by atoms with Crippen LogP contribution in [0.4, 0.5) is 0 Å². The zero-order chi connectivity index (χ0) is 19.5. The third kappa shape index (κ3) is 3.59. The summed E-state index contributed by atoms with van der Waals surface area (Å²) in [5.74, 6) is 2.82. The minimum atomic E-state index is 0.506. The van der Waals surface area contributed by atoms with Gasteiger partial charge >= 0.3 is 0 Å². The van der Waals surface area contributed by atoms with Crippen LogP contribution in [0.1, 0.15) is 0 Å². The molecule has 0 aliphatic carbocycles. The Bertz CT molecular complexity index is 1170. The molecule has 140 valence electrons. The van der Waals surface area contributed by atoms with Crippen molar-refractivity contribution >= 4 is 11.0 Å². The number of nitrogens with zero attached hydrogens (tertiary/aromatic N) is 5. The Morgan fingerprint density at radius 2 is 1.41 bits per heavy atom. The molecule has 4 aromatic heterocycles. The molecule has 0 spiro atoms. The molecule has 8 heteroatoms. The number of pyridine rings is 2. The summed E-state index contributed by atoms with van der Waals surface area (Å²) in [5.41, 5.74) is 2.14. The summed E-state index contributed by atoms with van der Waals surface area (Å²) < 4.78 is 12.0. The van der Waals surface area contributed by atoms with Gasteiger partial charge in [-0.3, -0.25) is 15.0 Å². The van der Waals surface area contributed by atoms with Gasteiger partial charge in [-0.1, -0.05) is 0 Å². The van der Waals surface area contributed by atoms with Gasteiger partial charge < -0.3 is 14.5 Å². The smallest absolute Gasteiger partial charge is 0.172 e. The quantitative estimate of drug-likeness (QED) is 0.481. The van der Waals surface area contributed by atoms with Crippen LogP contribution in [-0.4, -0.2) is 29.9 Å². The van der Waals surface area contributed by atoms with Crippen LogP contribution < -0.4 is 9.47 Å². The van der Waals surface area contributed by atoms with E-state index in [0.29, 0.717) is 40.0 Å². The second kappa shape index (κ2) is 7.35. The van der Waals surface area contributed by atoms with Crippen molar-refractivity contribution in [3.63, 3.8) is 0 Å². The topological polar surface area (TPSA) is 98.7 Å². The van der Waals surface area contributed by atoms with E-state index in [2.05, 4.69) is 29.9 Å². The molecule has 0 unspecified atom stereocenters. The molecule has 0 saturated heterocycles. The summed E-state index contributed by atoms with van der Waals surface area (Å²) in [5, 5.41) is 0. The van der Waals surface area contributed by atoms with Gasteiger partial charge in [-0.15, -0.1) is 0 Å². The molecule has 0 fully saturated rings. The van der Waals surface area contributed by atoms with E-state index in [9.17, 15) is 0 Å². The Morgan fingerprint density at radius 3 is 2.03 bits per heavy atom. The van der Waals surface area contributed by atoms with Crippen LogP contribution in [0.3, 0.4) is 0 Å². The molecular formula is C21H14N6O2. The molecule has 4 heterocycles. The Morgan fingerprint density at radius 1 is 0.724 bits per heavy atom. The number of aromatic nitrogens is 6. The average Bonchev–Trinajstić information content (AvgIpc) is 3.19. The normalized spacial score (nSPS) is 10.8. The number of rotatable bonds is 5. The summed E-state index contributed by atoms with van der Waals surface area (Å²) in [7, 11) is 0. The number of ether oxygens (including phenoxy) is 2. The third-order valence-corrected chi connectivity index (χ3v) is 4.08. The number of hydrogen-bond donors (Lipinski definition) is 1. The van der Waals surface area contributed by atoms with Crippen LogP contribution in [0.5, 0.6) is 23.0 Å². The third-order valence-electron chi connectivity index (χ3n) is 4.08. The minimum absolute atomic E-state index is 0.506. The molecule has 1 aromatic carbocycles. The number of imidazole rings is 1. The molecule has 29 heavy (non-hydrogen) atoms. The van der Waals surface area contributed by atoms with Gasteiger partial charge in [0.15, 0.2) is 17.3 Å². The molecule has 0 aliphatic rings. The van der Waals surface area contributed by atoms with Crippen LogP contribution in [0, 0.1) is 0 Å². The van der Waals surface area contributed by atoms with E-state index in [1.54, 1.807) is 55.5 Å². The van der Waals surface area contributed by atoms with Crippen molar-refractivity contribution < 1.29 is 9.47 Å². The first kappa shape index (κ1) is 16.8. The molecule has 8 nitrogen and oxygen atoms in total. The Labute approximate surface area is 165 Å². The van der Waals surface area contributed by atoms with Crippen molar-refractivity contribution in [3.8, 4) is 34.5 Å². The van der Waals surface area contributed by atoms with Gasteiger partial charge in [-0.05, 0) is 24.3 Å². The highest BCUT2D eigenvalue weighted by Gasteiger charge is 2.14. The Hall–Kier alpha value is -4.33. The molecule has 0 amide bonds. The zero-order valence-corrected chi connectivity index (χ0v) is 15.1. The van der Waals surface area contributed by atoms with Gasteiger partial charge in [-0.25, -0.2) is 9.97 Å². The lowest BCUT2D eigenvalue weighted by Crippen LogP contribution is -1.91. The van der Waals surface area contributed by atoms with Gasteiger partial charge in [-0.2, -0.15) is 0 Å². The van der Waals surface area contributed by atoms with Crippen molar-refractivity contribution in [1.82, 2.24) is 29.9 Å². The van der Waals surface area contributed by atoms with E-state index < -0.39 is 0 Å². The highest BCUT2D eigenvalue weighted by atomic mass is 16.5. The van der Waals surface area contributed by atoms with E-state index >= 15 is 0 Å². The number of hydrogen-bond acceptors (Lipinski definition) is 7. The first-order valence-electron chi connectivity index (χ1n) is 8.81. The Kier molecular flexibility index (Phi) is 4.26. The lowest BCUT2D eigenvalue weighted by molar-refractivity contribution is 0.418. The van der Waals surface area contributed by atoms with Crippen LogP contribution in [-0.2, 0) is 0 Å². The lowest BCUT2D eigenvalue weighted by atomic mass is 10.2. The monoisotopic (exact) mass is 382 g/mol. The molecule has 0 radical (unpaired) electrons. The maximum atomic E-state index is 6.02. The molecule has 1 N–H and O–H groups in total. The van der Waals surface area contributed by atoms with Crippen molar-refractivity contribution in [2.75, 3.05) is 0 Å². The van der Waals surface area contributed by atoms with Crippen LogP contribution >= 0.6 is 0 Å². The second-order valence-electron chi connectivity index (χ2n) is 6.07. The van der Waals surface area contributed by atoms with Crippen molar-refractivity contribution in [2.45, 2.75) is 0 Å².